The van der Waals surface area contributed by atoms with E-state index in [1.165, 1.54) is 25.7 Å². The fraction of sp³-hybridized carbons (Fsp3) is 0.450. The lowest BCUT2D eigenvalue weighted by atomic mass is 10.1. The quantitative estimate of drug-likeness (QED) is 0.595. The predicted octanol–water partition coefficient (Wildman–Crippen LogP) is 4.90. The molecule has 0 aliphatic heterocycles. The first kappa shape index (κ1) is 18.3. The summed E-state index contributed by atoms with van der Waals surface area (Å²) in [5, 5.41) is 10.9. The molecule has 0 heterocycles. The van der Waals surface area contributed by atoms with Crippen molar-refractivity contribution in [3.8, 4) is 5.75 Å². The Morgan fingerprint density at radius 3 is 2.21 bits per heavy atom. The van der Waals surface area contributed by atoms with Crippen molar-refractivity contribution in [2.24, 2.45) is 0 Å². The third-order valence-corrected chi connectivity index (χ3v) is 4.07. The van der Waals surface area contributed by atoms with Gasteiger partial charge in [0.05, 0.1) is 12.2 Å². The van der Waals surface area contributed by atoms with E-state index in [1.807, 2.05) is 24.3 Å². The van der Waals surface area contributed by atoms with Crippen LogP contribution in [0.15, 0.2) is 36.4 Å². The molecule has 0 fully saturated rings. The van der Waals surface area contributed by atoms with Crippen LogP contribution in [0.25, 0.3) is 10.8 Å². The van der Waals surface area contributed by atoms with E-state index in [0.717, 1.165) is 42.6 Å². The van der Waals surface area contributed by atoms with Crippen molar-refractivity contribution < 1.29 is 19.4 Å². The molecule has 2 rings (SSSR count). The van der Waals surface area contributed by atoms with Crippen molar-refractivity contribution in [1.82, 2.24) is 0 Å². The van der Waals surface area contributed by atoms with Gasteiger partial charge >= 0.3 is 5.97 Å². The summed E-state index contributed by atoms with van der Waals surface area (Å²) in [5.41, 5.74) is 0.307. The van der Waals surface area contributed by atoms with Crippen molar-refractivity contribution in [3.63, 3.8) is 0 Å². The van der Waals surface area contributed by atoms with Gasteiger partial charge < -0.3 is 14.6 Å². The Balaban J connectivity index is 1.71. The highest BCUT2D eigenvalue weighted by Crippen LogP contribution is 2.22. The highest BCUT2D eigenvalue weighted by Gasteiger charge is 2.04. The third kappa shape index (κ3) is 5.85. The Labute approximate surface area is 143 Å². The van der Waals surface area contributed by atoms with E-state index in [1.54, 1.807) is 19.2 Å². The largest absolute Gasteiger partial charge is 0.494 e. The fourth-order valence-electron chi connectivity index (χ4n) is 2.69. The van der Waals surface area contributed by atoms with Crippen molar-refractivity contribution in [3.05, 3.63) is 42.0 Å². The molecule has 0 saturated carbocycles. The number of carbonyl (C=O) groups is 1. The van der Waals surface area contributed by atoms with Crippen LogP contribution in [0.1, 0.15) is 48.9 Å². The van der Waals surface area contributed by atoms with Crippen molar-refractivity contribution in [2.45, 2.75) is 38.5 Å². The first-order valence-electron chi connectivity index (χ1n) is 8.59. The second-order valence-corrected chi connectivity index (χ2v) is 5.99. The fourth-order valence-corrected chi connectivity index (χ4v) is 2.69. The van der Waals surface area contributed by atoms with Crippen LogP contribution < -0.4 is 4.74 Å². The van der Waals surface area contributed by atoms with Crippen molar-refractivity contribution in [1.29, 1.82) is 0 Å². The van der Waals surface area contributed by atoms with Gasteiger partial charge in [0.25, 0.3) is 0 Å². The number of fused-ring (bicyclic) bond motifs is 1. The van der Waals surface area contributed by atoms with Crippen LogP contribution in [-0.4, -0.2) is 31.4 Å². The smallest absolute Gasteiger partial charge is 0.335 e. The number of methoxy groups -OCH3 is 1. The average molecular weight is 330 g/mol. The van der Waals surface area contributed by atoms with E-state index < -0.39 is 5.97 Å². The number of carboxylic acids is 1. The van der Waals surface area contributed by atoms with Crippen LogP contribution in [0.5, 0.6) is 5.75 Å². The molecule has 0 spiro atoms. The number of ether oxygens (including phenoxy) is 2. The topological polar surface area (TPSA) is 55.8 Å². The van der Waals surface area contributed by atoms with E-state index in [9.17, 15) is 4.79 Å². The zero-order valence-electron chi connectivity index (χ0n) is 14.3. The lowest BCUT2D eigenvalue weighted by Crippen LogP contribution is -1.98. The standard InChI is InChI=1S/C20H26O4/c1-23-12-6-4-2-3-5-7-13-24-19-11-10-16-14-18(20(21)22)9-8-17(16)15-19/h8-11,14-15H,2-7,12-13H2,1H3,(H,21,22). The van der Waals surface area contributed by atoms with Crippen LogP contribution >= 0.6 is 0 Å². The SMILES string of the molecule is COCCCCCCCCOc1ccc2cc(C(=O)O)ccc2c1. The molecule has 0 unspecified atom stereocenters. The molecule has 0 saturated heterocycles. The maximum Gasteiger partial charge on any atom is 0.335 e. The summed E-state index contributed by atoms with van der Waals surface area (Å²) in [6, 6.07) is 10.9. The Morgan fingerprint density at radius 1 is 0.875 bits per heavy atom. The van der Waals surface area contributed by atoms with E-state index in [2.05, 4.69) is 0 Å². The summed E-state index contributed by atoms with van der Waals surface area (Å²) in [5.74, 6) is -0.0647. The number of rotatable bonds is 11. The van der Waals surface area contributed by atoms with Crippen molar-refractivity contribution >= 4 is 16.7 Å². The van der Waals surface area contributed by atoms with Gasteiger partial charge in [-0.1, -0.05) is 37.8 Å². The predicted molar refractivity (Wildman–Crippen MR) is 96.0 cm³/mol. The molecule has 4 heteroatoms. The maximum atomic E-state index is 11.0. The molecule has 2 aromatic carbocycles. The monoisotopic (exact) mass is 330 g/mol. The minimum absolute atomic E-state index is 0.307. The van der Waals surface area contributed by atoms with E-state index in [-0.39, 0.29) is 0 Å². The molecule has 1 N–H and O–H groups in total. The highest BCUT2D eigenvalue weighted by molar-refractivity contribution is 5.94. The molecule has 0 aliphatic rings. The summed E-state index contributed by atoms with van der Waals surface area (Å²) in [4.78, 5) is 11.0. The van der Waals surface area contributed by atoms with Gasteiger partial charge in [0, 0.05) is 13.7 Å². The lowest BCUT2D eigenvalue weighted by molar-refractivity contribution is 0.0697. The normalized spacial score (nSPS) is 10.9. The van der Waals surface area contributed by atoms with Crippen LogP contribution in [-0.2, 0) is 4.74 Å². The van der Waals surface area contributed by atoms with Gasteiger partial charge in [0.2, 0.25) is 0 Å². The molecule has 0 radical (unpaired) electrons. The third-order valence-electron chi connectivity index (χ3n) is 4.07. The number of unbranched alkanes of at least 4 members (excludes halogenated alkanes) is 5. The van der Waals surface area contributed by atoms with E-state index >= 15 is 0 Å². The number of hydrogen-bond donors (Lipinski definition) is 1. The van der Waals surface area contributed by atoms with Crippen LogP contribution in [0, 0.1) is 0 Å². The Morgan fingerprint density at radius 2 is 1.50 bits per heavy atom. The number of aromatic carboxylic acids is 1. The second-order valence-electron chi connectivity index (χ2n) is 5.99. The van der Waals surface area contributed by atoms with Crippen molar-refractivity contribution in [2.75, 3.05) is 20.3 Å². The van der Waals surface area contributed by atoms with Gasteiger partial charge in [0.1, 0.15) is 5.75 Å². The van der Waals surface area contributed by atoms with Crippen LogP contribution in [0.4, 0.5) is 0 Å². The molecular weight excluding hydrogens is 304 g/mol. The molecule has 0 aliphatic carbocycles. The first-order chi connectivity index (χ1) is 11.7. The van der Waals surface area contributed by atoms with Gasteiger partial charge in [0.15, 0.2) is 0 Å². The Bertz CT molecular complexity index is 651. The Kier molecular flexibility index (Phi) is 7.56. The number of hydrogen-bond acceptors (Lipinski definition) is 3. The minimum atomic E-state index is -0.903. The van der Waals surface area contributed by atoms with Crippen LogP contribution in [0.3, 0.4) is 0 Å². The van der Waals surface area contributed by atoms with Crippen LogP contribution in [0.2, 0.25) is 0 Å². The second kappa shape index (κ2) is 9.93. The number of benzene rings is 2. The van der Waals surface area contributed by atoms with Gasteiger partial charge in [-0.15, -0.1) is 0 Å². The summed E-state index contributed by atoms with van der Waals surface area (Å²) in [7, 11) is 1.75. The number of carboxylic acid groups (broad SMARTS) is 1. The molecule has 130 valence electrons. The summed E-state index contributed by atoms with van der Waals surface area (Å²) >= 11 is 0. The molecule has 24 heavy (non-hydrogen) atoms. The van der Waals surface area contributed by atoms with E-state index in [0.29, 0.717) is 5.56 Å². The lowest BCUT2D eigenvalue weighted by Gasteiger charge is -2.08. The molecule has 0 aromatic heterocycles. The summed E-state index contributed by atoms with van der Waals surface area (Å²) < 4.78 is 10.8. The summed E-state index contributed by atoms with van der Waals surface area (Å²) in [6.45, 7) is 1.58. The molecule has 4 nitrogen and oxygen atoms in total. The molecule has 2 aromatic rings. The summed E-state index contributed by atoms with van der Waals surface area (Å²) in [6.07, 6.45) is 7.11. The van der Waals surface area contributed by atoms with E-state index in [4.69, 9.17) is 14.6 Å². The van der Waals surface area contributed by atoms with Gasteiger partial charge in [-0.05, 0) is 47.9 Å². The zero-order valence-corrected chi connectivity index (χ0v) is 14.3. The highest BCUT2D eigenvalue weighted by atomic mass is 16.5. The Hall–Kier alpha value is -2.07. The average Bonchev–Trinajstić information content (AvgIpc) is 2.59. The molecular formula is C20H26O4. The van der Waals surface area contributed by atoms with Gasteiger partial charge in [-0.2, -0.15) is 0 Å². The minimum Gasteiger partial charge on any atom is -0.494 e. The van der Waals surface area contributed by atoms with Gasteiger partial charge in [-0.3, -0.25) is 0 Å². The molecule has 0 bridgehead atoms. The zero-order chi connectivity index (χ0) is 17.2. The maximum absolute atomic E-state index is 11.0. The molecule has 0 atom stereocenters. The van der Waals surface area contributed by atoms with Gasteiger partial charge in [-0.25, -0.2) is 4.79 Å². The molecule has 0 amide bonds. The first-order valence-corrected chi connectivity index (χ1v) is 8.59.